The van der Waals surface area contributed by atoms with E-state index in [1.165, 1.54) is 4.88 Å². The third-order valence-corrected chi connectivity index (χ3v) is 6.58. The zero-order valence-corrected chi connectivity index (χ0v) is 18.6. The van der Waals surface area contributed by atoms with Gasteiger partial charge in [-0.25, -0.2) is 4.79 Å². The van der Waals surface area contributed by atoms with Gasteiger partial charge in [0.1, 0.15) is 10.3 Å². The quantitative estimate of drug-likeness (QED) is 0.375. The van der Waals surface area contributed by atoms with Gasteiger partial charge in [0, 0.05) is 10.4 Å². The maximum atomic E-state index is 11.4. The number of benzene rings is 2. The lowest BCUT2D eigenvalue weighted by atomic mass is 9.98. The lowest BCUT2D eigenvalue weighted by Gasteiger charge is -2.11. The Morgan fingerprint density at radius 3 is 2.56 bits per heavy atom. The topological polar surface area (TPSA) is 85.9 Å². The van der Waals surface area contributed by atoms with Gasteiger partial charge in [-0.2, -0.15) is 4.98 Å². The van der Waals surface area contributed by atoms with Crippen LogP contribution in [0.2, 0.25) is 0 Å². The molecule has 32 heavy (non-hydrogen) atoms. The molecule has 3 heterocycles. The summed E-state index contributed by atoms with van der Waals surface area (Å²) in [7, 11) is 0. The number of nitrogens with one attached hydrogen (secondary N) is 1. The van der Waals surface area contributed by atoms with Crippen LogP contribution in [0, 0.1) is 0 Å². The van der Waals surface area contributed by atoms with E-state index in [2.05, 4.69) is 61.5 Å². The van der Waals surface area contributed by atoms with Crippen LogP contribution in [-0.2, 0) is 13.0 Å². The van der Waals surface area contributed by atoms with Crippen LogP contribution in [0.3, 0.4) is 0 Å². The molecular weight excluding hydrogens is 424 g/mol. The van der Waals surface area contributed by atoms with Gasteiger partial charge in [-0.05, 0) is 36.1 Å². The summed E-state index contributed by atoms with van der Waals surface area (Å²) in [5.74, 6) is -0.150. The van der Waals surface area contributed by atoms with E-state index in [9.17, 15) is 4.79 Å². The van der Waals surface area contributed by atoms with E-state index in [4.69, 9.17) is 4.74 Å². The molecule has 0 aliphatic rings. The fourth-order valence-electron chi connectivity index (χ4n) is 3.76. The first-order chi connectivity index (χ1) is 15.7. The molecule has 0 fully saturated rings. The second-order valence-corrected chi connectivity index (χ2v) is 8.47. The van der Waals surface area contributed by atoms with Gasteiger partial charge in [-0.15, -0.1) is 11.3 Å². The first kappa shape index (κ1) is 20.3. The van der Waals surface area contributed by atoms with Crippen molar-refractivity contribution >= 4 is 21.7 Å². The molecule has 0 saturated carbocycles. The summed E-state index contributed by atoms with van der Waals surface area (Å²) < 4.78 is 12.6. The van der Waals surface area contributed by atoms with Crippen molar-refractivity contribution in [3.05, 3.63) is 75.6 Å². The summed E-state index contributed by atoms with van der Waals surface area (Å²) in [4.78, 5) is 21.2. The van der Waals surface area contributed by atoms with Crippen LogP contribution in [0.5, 0.6) is 6.01 Å². The second-order valence-electron chi connectivity index (χ2n) is 7.36. The monoisotopic (exact) mass is 446 g/mol. The lowest BCUT2D eigenvalue weighted by molar-refractivity contribution is 0.301. The van der Waals surface area contributed by atoms with Crippen molar-refractivity contribution in [3.8, 4) is 28.5 Å². The highest BCUT2D eigenvalue weighted by Gasteiger charge is 2.16. The molecule has 2 aromatic carbocycles. The maximum Gasteiger partial charge on any atom is 0.439 e. The lowest BCUT2D eigenvalue weighted by Crippen LogP contribution is -2.04. The van der Waals surface area contributed by atoms with Crippen LogP contribution in [0.25, 0.3) is 32.9 Å². The van der Waals surface area contributed by atoms with Crippen molar-refractivity contribution in [1.82, 2.24) is 19.7 Å². The summed E-state index contributed by atoms with van der Waals surface area (Å²) in [6.45, 7) is 5.38. The van der Waals surface area contributed by atoms with Crippen LogP contribution in [0.4, 0.5) is 0 Å². The number of ether oxygens (including phenoxy) is 1. The standard InChI is InChI=1S/C24H22N4O3S/c1-3-17-13-20-22(32-17)28(23(25-20)30-4-2)14-15-9-11-16(12-10-15)18-7-5-6-8-19(18)21-26-24(29)31-27-21/h5-13H,3-4,14H2,1-2H3,(H,26,27,29). The smallest absolute Gasteiger partial charge is 0.439 e. The van der Waals surface area contributed by atoms with Crippen molar-refractivity contribution in [3.63, 3.8) is 0 Å². The fourth-order valence-corrected chi connectivity index (χ4v) is 4.78. The highest BCUT2D eigenvalue weighted by atomic mass is 32.1. The summed E-state index contributed by atoms with van der Waals surface area (Å²) in [5, 5.41) is 3.84. The molecule has 8 heteroatoms. The van der Waals surface area contributed by atoms with Crippen molar-refractivity contribution < 1.29 is 9.26 Å². The van der Waals surface area contributed by atoms with Gasteiger partial charge in [-0.1, -0.05) is 60.6 Å². The van der Waals surface area contributed by atoms with Crippen LogP contribution in [-0.4, -0.2) is 26.3 Å². The number of thiophene rings is 1. The molecule has 3 aromatic heterocycles. The maximum absolute atomic E-state index is 11.4. The molecule has 0 aliphatic carbocycles. The molecule has 0 spiro atoms. The normalized spacial score (nSPS) is 11.3. The van der Waals surface area contributed by atoms with E-state index in [1.54, 1.807) is 11.3 Å². The Kier molecular flexibility index (Phi) is 5.36. The number of aryl methyl sites for hydroxylation is 1. The number of nitrogens with zero attached hydrogens (tertiary/aromatic N) is 3. The van der Waals surface area contributed by atoms with Crippen molar-refractivity contribution in [2.24, 2.45) is 0 Å². The molecule has 5 aromatic rings. The Morgan fingerprint density at radius 1 is 1.09 bits per heavy atom. The van der Waals surface area contributed by atoms with E-state index in [-0.39, 0.29) is 0 Å². The van der Waals surface area contributed by atoms with Gasteiger partial charge in [0.2, 0.25) is 0 Å². The summed E-state index contributed by atoms with van der Waals surface area (Å²) >= 11 is 1.77. The fraction of sp³-hybridized carbons (Fsp3) is 0.208. The number of hydrogen-bond donors (Lipinski definition) is 1. The Labute approximate surface area is 188 Å². The number of hydrogen-bond acceptors (Lipinski definition) is 6. The molecule has 7 nitrogen and oxygen atoms in total. The molecule has 0 amide bonds. The molecule has 1 N–H and O–H groups in total. The third kappa shape index (κ3) is 3.73. The van der Waals surface area contributed by atoms with E-state index in [0.29, 0.717) is 25.0 Å². The number of H-pyrrole nitrogens is 1. The van der Waals surface area contributed by atoms with Gasteiger partial charge in [0.25, 0.3) is 6.01 Å². The average Bonchev–Trinajstić information content (AvgIpc) is 3.50. The highest BCUT2D eigenvalue weighted by Crippen LogP contribution is 2.32. The summed E-state index contributed by atoms with van der Waals surface area (Å²) in [6, 6.07) is 18.9. The molecule has 0 bridgehead atoms. The number of rotatable bonds is 7. The van der Waals surface area contributed by atoms with E-state index in [0.717, 1.165) is 39.0 Å². The second kappa shape index (κ2) is 8.47. The summed E-state index contributed by atoms with van der Waals surface area (Å²) in [5.41, 5.74) is 4.94. The van der Waals surface area contributed by atoms with E-state index < -0.39 is 5.76 Å². The van der Waals surface area contributed by atoms with Crippen molar-refractivity contribution in [2.75, 3.05) is 6.61 Å². The SMILES string of the molecule is CCOc1nc2cc(CC)sc2n1Cc1ccc(-c2ccccc2-c2noc(=O)[nH]2)cc1. The van der Waals surface area contributed by atoms with Crippen LogP contribution in [0.15, 0.2) is 63.9 Å². The predicted molar refractivity (Wildman–Crippen MR) is 125 cm³/mol. The molecule has 5 rings (SSSR count). The molecule has 0 saturated heterocycles. The van der Waals surface area contributed by atoms with Gasteiger partial charge < -0.3 is 4.74 Å². The van der Waals surface area contributed by atoms with Crippen molar-refractivity contribution in [1.29, 1.82) is 0 Å². The van der Waals surface area contributed by atoms with Crippen LogP contribution >= 0.6 is 11.3 Å². The van der Waals surface area contributed by atoms with E-state index >= 15 is 0 Å². The van der Waals surface area contributed by atoms with Gasteiger partial charge in [0.15, 0.2) is 5.82 Å². The van der Waals surface area contributed by atoms with Gasteiger partial charge in [0.05, 0.1) is 13.2 Å². The van der Waals surface area contributed by atoms with Gasteiger partial charge in [-0.3, -0.25) is 14.1 Å². The summed E-state index contributed by atoms with van der Waals surface area (Å²) in [6.07, 6.45) is 0.996. The molecule has 0 atom stereocenters. The minimum atomic E-state index is -0.568. The Morgan fingerprint density at radius 2 is 1.88 bits per heavy atom. The third-order valence-electron chi connectivity index (χ3n) is 5.29. The Balaban J connectivity index is 1.48. The van der Waals surface area contributed by atoms with Crippen LogP contribution < -0.4 is 10.5 Å². The zero-order chi connectivity index (χ0) is 22.1. The number of aromatic amines is 1. The molecular formula is C24H22N4O3S. The molecule has 0 aliphatic heterocycles. The Bertz CT molecular complexity index is 1430. The largest absolute Gasteiger partial charge is 0.465 e. The van der Waals surface area contributed by atoms with Crippen molar-refractivity contribution in [2.45, 2.75) is 26.8 Å². The number of imidazole rings is 1. The minimum absolute atomic E-state index is 0.418. The molecule has 162 valence electrons. The predicted octanol–water partition coefficient (Wildman–Crippen LogP) is 5.12. The van der Waals surface area contributed by atoms with E-state index in [1.807, 2.05) is 31.2 Å². The first-order valence-corrected chi connectivity index (χ1v) is 11.3. The molecule has 0 unspecified atom stereocenters. The first-order valence-electron chi connectivity index (χ1n) is 10.5. The highest BCUT2D eigenvalue weighted by molar-refractivity contribution is 7.18. The van der Waals surface area contributed by atoms with Crippen LogP contribution in [0.1, 0.15) is 24.3 Å². The minimum Gasteiger partial charge on any atom is -0.465 e. The Hall–Kier alpha value is -3.65. The zero-order valence-electron chi connectivity index (χ0n) is 17.8. The molecule has 0 radical (unpaired) electrons. The number of fused-ring (bicyclic) bond motifs is 1. The number of aromatic nitrogens is 4. The van der Waals surface area contributed by atoms with Gasteiger partial charge >= 0.3 is 5.76 Å². The average molecular weight is 447 g/mol.